The van der Waals surface area contributed by atoms with E-state index < -0.39 is 0 Å². The van der Waals surface area contributed by atoms with Gasteiger partial charge < -0.3 is 23.2 Å². The first kappa shape index (κ1) is 57.1. The fourth-order valence-electron chi connectivity index (χ4n) is 12.4. The number of fused-ring (bicyclic) bond motifs is 12. The number of aromatic nitrogens is 4. The second-order valence-corrected chi connectivity index (χ2v) is 26.7. The normalized spacial score (nSPS) is 12.8. The fourth-order valence-corrected chi connectivity index (χ4v) is 12.4. The second-order valence-electron chi connectivity index (χ2n) is 26.7. The third kappa shape index (κ3) is 15.9. The van der Waals surface area contributed by atoms with Crippen LogP contribution < -0.4 is 4.90 Å². The summed E-state index contributed by atoms with van der Waals surface area (Å²) < 4.78 is 85.0. The van der Waals surface area contributed by atoms with Crippen molar-refractivity contribution in [3.63, 3.8) is 0 Å². The summed E-state index contributed by atoms with van der Waals surface area (Å²) in [6.45, 7) is 38.5. The first-order valence-corrected chi connectivity index (χ1v) is 33.0. The average Bonchev–Trinajstić information content (AvgIpc) is 1.62. The lowest BCUT2D eigenvalue weighted by Gasteiger charge is -2.24. The molecule has 0 amide bonds. The molecule has 5 nitrogen and oxygen atoms in total. The SMILES string of the molecule is CC.CC.CC(C)(C)n1c2ccccc2c2ccccc21.CC(C)(C)n1c2ccccc2c2ccccc21.CC(C)(C)n1c2ccccc2c2ccccc21.CC(C)(C)n1c2ccccc2c2ccccc21.[2H]c1c([2H])c([2H])c(C)c([2H])c1[2H].[2H]c1c([2H])c([2H])c(N(C)c2ccccc2C)c([2H])c1[2H]. The number of rotatable bonds is 2. The molecule has 94 heavy (non-hydrogen) atoms. The highest BCUT2D eigenvalue weighted by Crippen LogP contribution is 2.38. The summed E-state index contributed by atoms with van der Waals surface area (Å²) in [6.07, 6.45) is 0. The van der Waals surface area contributed by atoms with Gasteiger partial charge in [0.2, 0.25) is 0 Å². The lowest BCUT2D eigenvalue weighted by Crippen LogP contribution is -2.21. The van der Waals surface area contributed by atoms with Gasteiger partial charge in [0.05, 0.1) is 13.7 Å². The van der Waals surface area contributed by atoms with Crippen molar-refractivity contribution in [1.82, 2.24) is 18.3 Å². The number of anilines is 2. The van der Waals surface area contributed by atoms with Gasteiger partial charge in [0, 0.05) is 128 Å². The number of hydrogen-bond acceptors (Lipinski definition) is 1. The molecule has 0 radical (unpaired) electrons. The smallest absolute Gasteiger partial charge is 0.0645 e. The molecule has 0 saturated carbocycles. The Balaban J connectivity index is 0.000000157. The van der Waals surface area contributed by atoms with E-state index in [1.165, 1.54) is 94.1 Å². The molecule has 0 aliphatic carbocycles. The summed E-state index contributed by atoms with van der Waals surface area (Å²) >= 11 is 0. The maximum Gasteiger partial charge on any atom is 0.0645 e. The highest BCUT2D eigenvalue weighted by Gasteiger charge is 2.23. The molecule has 0 aliphatic heterocycles. The summed E-state index contributed by atoms with van der Waals surface area (Å²) in [6, 6.07) is 74.2. The minimum absolute atomic E-state index is 0.0999. The summed E-state index contributed by atoms with van der Waals surface area (Å²) in [5.41, 5.74) is 13.2. The molecule has 0 spiro atoms. The van der Waals surface area contributed by atoms with Gasteiger partial charge in [-0.2, -0.15) is 0 Å². The van der Waals surface area contributed by atoms with Gasteiger partial charge in [0.15, 0.2) is 0 Å². The summed E-state index contributed by atoms with van der Waals surface area (Å²) in [7, 11) is 1.70. The van der Waals surface area contributed by atoms with Crippen LogP contribution in [-0.4, -0.2) is 25.3 Å². The average molecular weight is 1250 g/mol. The minimum Gasteiger partial charge on any atom is -0.344 e. The van der Waals surface area contributed by atoms with Crippen molar-refractivity contribution in [2.45, 2.75) is 147 Å². The van der Waals surface area contributed by atoms with Crippen molar-refractivity contribution in [3.8, 4) is 0 Å². The molecule has 484 valence electrons. The molecule has 5 heteroatoms. The third-order valence-corrected chi connectivity index (χ3v) is 15.9. The van der Waals surface area contributed by atoms with E-state index in [4.69, 9.17) is 13.7 Å². The van der Waals surface area contributed by atoms with Crippen LogP contribution in [0.2, 0.25) is 0 Å². The lowest BCUT2D eigenvalue weighted by molar-refractivity contribution is 0.423. The van der Waals surface area contributed by atoms with E-state index in [1.54, 1.807) is 11.9 Å². The van der Waals surface area contributed by atoms with Crippen LogP contribution in [0.5, 0.6) is 0 Å². The lowest BCUT2D eigenvalue weighted by atomic mass is 10.1. The summed E-state index contributed by atoms with van der Waals surface area (Å²) in [5, 5.41) is 10.8. The van der Waals surface area contributed by atoms with E-state index in [2.05, 4.69) is 295 Å². The molecular formula is C89H103N5. The predicted molar refractivity (Wildman–Crippen MR) is 417 cm³/mol. The minimum atomic E-state index is -0.373. The molecule has 0 saturated heterocycles. The first-order chi connectivity index (χ1) is 49.2. The van der Waals surface area contributed by atoms with Gasteiger partial charge in [0.1, 0.15) is 0 Å². The largest absolute Gasteiger partial charge is 0.344 e. The molecular weight excluding hydrogens is 1140 g/mol. The molecule has 0 fully saturated rings. The van der Waals surface area contributed by atoms with Crippen LogP contribution in [0, 0.1) is 13.8 Å². The predicted octanol–water partition coefficient (Wildman–Crippen LogP) is 26.0. The van der Waals surface area contributed by atoms with Crippen LogP contribution in [-0.2, 0) is 22.2 Å². The topological polar surface area (TPSA) is 23.0 Å². The van der Waals surface area contributed by atoms with Crippen LogP contribution in [0.4, 0.5) is 11.4 Å². The zero-order valence-corrected chi connectivity index (χ0v) is 59.0. The van der Waals surface area contributed by atoms with Crippen molar-refractivity contribution in [2.75, 3.05) is 11.9 Å². The zero-order chi connectivity index (χ0) is 76.7. The van der Waals surface area contributed by atoms with Crippen LogP contribution in [0.15, 0.2) is 279 Å². The van der Waals surface area contributed by atoms with Crippen molar-refractivity contribution < 1.29 is 13.7 Å². The van der Waals surface area contributed by atoms with Crippen molar-refractivity contribution >= 4 is 98.6 Å². The Morgan fingerprint density at radius 2 is 0.457 bits per heavy atom. The van der Waals surface area contributed by atoms with Crippen LogP contribution in [0.1, 0.15) is 136 Å². The van der Waals surface area contributed by atoms with E-state index >= 15 is 0 Å². The second kappa shape index (κ2) is 30.9. The van der Waals surface area contributed by atoms with Crippen LogP contribution >= 0.6 is 0 Å². The Hall–Kier alpha value is -9.58. The van der Waals surface area contributed by atoms with Crippen LogP contribution in [0.25, 0.3) is 87.2 Å². The fraction of sp³-hybridized carbons (Fsp3) is 0.258. The molecule has 15 rings (SSSR count). The van der Waals surface area contributed by atoms with Gasteiger partial charge >= 0.3 is 0 Å². The van der Waals surface area contributed by atoms with E-state index in [-0.39, 0.29) is 88.3 Å². The third-order valence-electron chi connectivity index (χ3n) is 15.9. The molecule has 0 aliphatic rings. The van der Waals surface area contributed by atoms with E-state index in [9.17, 15) is 0 Å². The van der Waals surface area contributed by atoms with Crippen molar-refractivity contribution in [3.05, 3.63) is 290 Å². The molecule has 15 aromatic rings. The van der Waals surface area contributed by atoms with Gasteiger partial charge in [-0.05, 0) is 169 Å². The van der Waals surface area contributed by atoms with E-state index in [0.29, 0.717) is 5.56 Å². The molecule has 0 N–H and O–H groups in total. The molecule has 0 bridgehead atoms. The van der Waals surface area contributed by atoms with Gasteiger partial charge in [-0.25, -0.2) is 0 Å². The number of aryl methyl sites for hydroxylation is 1. The molecule has 11 aromatic carbocycles. The standard InChI is InChI=1S/4C16H17N.C14H15N.C7H8.2C2H6/c4*1-16(2,3)17-14-10-6-4-8-12(14)13-9-5-7-11-15(13)17;1-12-8-6-7-11-14(12)15(2)13-9-4-3-5-10-13;1-7-5-3-2-4-6-7;2*1-2/h4*4-11H,1-3H3;3-11H,1-2H3;2-6H,1H3;2*1-2H3/i;;;;3D,4D,5D,9D,10D;2D,3D,4D,5D,6D;;. The maximum atomic E-state index is 7.97. The quantitative estimate of drug-likeness (QED) is 0.169. The number of para-hydroxylation sites is 10. The van der Waals surface area contributed by atoms with Crippen molar-refractivity contribution in [1.29, 1.82) is 0 Å². The Bertz CT molecular complexity index is 4650. The van der Waals surface area contributed by atoms with Gasteiger partial charge in [0.25, 0.3) is 0 Å². The molecule has 0 unspecified atom stereocenters. The molecule has 4 aromatic heterocycles. The maximum absolute atomic E-state index is 7.97. The van der Waals surface area contributed by atoms with E-state index in [0.717, 1.165) is 11.3 Å². The monoisotopic (exact) mass is 1250 g/mol. The van der Waals surface area contributed by atoms with Gasteiger partial charge in [-0.15, -0.1) is 0 Å². The van der Waals surface area contributed by atoms with Gasteiger partial charge in [-0.3, -0.25) is 0 Å². The Kier molecular flexibility index (Phi) is 18.8. The first-order valence-electron chi connectivity index (χ1n) is 38.0. The Morgan fingerprint density at radius 3 is 0.670 bits per heavy atom. The van der Waals surface area contributed by atoms with Crippen LogP contribution in [0.3, 0.4) is 0 Å². The van der Waals surface area contributed by atoms with Gasteiger partial charge in [-0.1, -0.05) is 245 Å². The Labute approximate surface area is 576 Å². The number of benzene rings is 11. The van der Waals surface area contributed by atoms with Crippen molar-refractivity contribution in [2.24, 2.45) is 0 Å². The highest BCUT2D eigenvalue weighted by molar-refractivity contribution is 6.11. The number of nitrogens with zero attached hydrogens (tertiary/aromatic N) is 5. The highest BCUT2D eigenvalue weighted by atomic mass is 15.1. The summed E-state index contributed by atoms with van der Waals surface area (Å²) in [5.74, 6) is 0. The Morgan fingerprint density at radius 1 is 0.266 bits per heavy atom. The zero-order valence-electron chi connectivity index (χ0n) is 69.0. The summed E-state index contributed by atoms with van der Waals surface area (Å²) in [4.78, 5) is 1.63. The molecule has 4 heterocycles. The molecule has 0 atom stereocenters. The van der Waals surface area contributed by atoms with E-state index in [1.807, 2.05) is 58.9 Å². The number of hydrogen-bond donors (Lipinski definition) is 0.